The molecule has 4 N–H and O–H groups in total. The van der Waals surface area contributed by atoms with E-state index < -0.39 is 21.7 Å². The molecule has 7 nitrogen and oxygen atoms in total. The van der Waals surface area contributed by atoms with Gasteiger partial charge >= 0.3 is 0 Å². The molecule has 1 atom stereocenters. The minimum Gasteiger partial charge on any atom is -0.367 e. The Bertz CT molecular complexity index is 1010. The van der Waals surface area contributed by atoms with Crippen molar-refractivity contribution in [1.82, 2.24) is 10.6 Å². The molecule has 0 amide bonds. The molecule has 0 aromatic heterocycles. The van der Waals surface area contributed by atoms with Gasteiger partial charge in [0.1, 0.15) is 11.6 Å². The average molecular weight is 423 g/mol. The molecule has 10 heteroatoms. The predicted molar refractivity (Wildman–Crippen MR) is 108 cm³/mol. The number of guanidine groups is 1. The van der Waals surface area contributed by atoms with Gasteiger partial charge in [0.2, 0.25) is 10.0 Å². The summed E-state index contributed by atoms with van der Waals surface area (Å²) in [5.74, 6) is -0.642. The average Bonchev–Trinajstić information content (AvgIpc) is 3.13. The summed E-state index contributed by atoms with van der Waals surface area (Å²) in [5, 5.41) is 11.6. The molecule has 0 aliphatic carbocycles. The van der Waals surface area contributed by atoms with Crippen LogP contribution in [0.1, 0.15) is 12.0 Å². The highest BCUT2D eigenvalue weighted by atomic mass is 32.2. The van der Waals surface area contributed by atoms with E-state index >= 15 is 0 Å². The van der Waals surface area contributed by atoms with Gasteiger partial charge in [-0.25, -0.2) is 22.3 Å². The number of hydrogen-bond donors (Lipinski definition) is 3. The molecule has 1 aliphatic rings. The summed E-state index contributed by atoms with van der Waals surface area (Å²) in [4.78, 5) is 6.08. The Balaban J connectivity index is 1.57. The summed E-state index contributed by atoms with van der Waals surface area (Å²) in [6.45, 7) is 1.53. The van der Waals surface area contributed by atoms with Gasteiger partial charge in [-0.1, -0.05) is 12.1 Å². The van der Waals surface area contributed by atoms with Crippen molar-refractivity contribution in [3.05, 3.63) is 59.7 Å². The summed E-state index contributed by atoms with van der Waals surface area (Å²) >= 11 is 0. The standard InChI is InChI=1S/C19H23F2N5O2S/c1-23-19(24-11-13-3-2-4-16(9-13)29(22,27)28)25-15-7-8-26(12-15)18-6-5-14(20)10-17(18)21/h2-6,9-10,15H,7-8,11-12H2,1H3,(H2,22,27,28)(H2,23,24,25). The van der Waals surface area contributed by atoms with Crippen molar-refractivity contribution in [2.45, 2.75) is 23.9 Å². The highest BCUT2D eigenvalue weighted by molar-refractivity contribution is 7.89. The van der Waals surface area contributed by atoms with Gasteiger partial charge in [-0.15, -0.1) is 0 Å². The summed E-state index contributed by atoms with van der Waals surface area (Å²) in [6.07, 6.45) is 0.762. The van der Waals surface area contributed by atoms with Crippen LogP contribution < -0.4 is 20.7 Å². The zero-order valence-corrected chi connectivity index (χ0v) is 16.7. The van der Waals surface area contributed by atoms with E-state index in [0.717, 1.165) is 18.1 Å². The molecular formula is C19H23F2N5O2S. The lowest BCUT2D eigenvalue weighted by Crippen LogP contribution is -2.44. The first kappa shape index (κ1) is 21.0. The summed E-state index contributed by atoms with van der Waals surface area (Å²) < 4.78 is 50.0. The highest BCUT2D eigenvalue weighted by Gasteiger charge is 2.25. The molecule has 1 fully saturated rings. The van der Waals surface area contributed by atoms with E-state index in [4.69, 9.17) is 5.14 Å². The second kappa shape index (κ2) is 8.75. The third-order valence-electron chi connectivity index (χ3n) is 4.69. The summed E-state index contributed by atoms with van der Waals surface area (Å²) in [5.41, 5.74) is 1.11. The quantitative estimate of drug-likeness (QED) is 0.501. The number of benzene rings is 2. The van der Waals surface area contributed by atoms with Crippen LogP contribution in [-0.2, 0) is 16.6 Å². The molecule has 3 rings (SSSR count). The maximum Gasteiger partial charge on any atom is 0.238 e. The first-order valence-corrected chi connectivity index (χ1v) is 10.6. The molecule has 1 saturated heterocycles. The number of nitrogens with zero attached hydrogens (tertiary/aromatic N) is 2. The highest BCUT2D eigenvalue weighted by Crippen LogP contribution is 2.24. The molecule has 1 aliphatic heterocycles. The Hall–Kier alpha value is -2.72. The molecule has 0 bridgehead atoms. The molecule has 2 aromatic carbocycles. The minimum absolute atomic E-state index is 0.0291. The van der Waals surface area contributed by atoms with E-state index in [9.17, 15) is 17.2 Å². The van der Waals surface area contributed by atoms with Gasteiger partial charge in [0.05, 0.1) is 10.6 Å². The first-order chi connectivity index (χ1) is 13.8. The van der Waals surface area contributed by atoms with Crippen LogP contribution in [0.15, 0.2) is 52.4 Å². The molecule has 1 unspecified atom stereocenters. The monoisotopic (exact) mass is 423 g/mol. The second-order valence-corrected chi connectivity index (χ2v) is 8.35. The van der Waals surface area contributed by atoms with Gasteiger partial charge in [-0.3, -0.25) is 4.99 Å². The number of nitrogens with two attached hydrogens (primary N) is 1. The molecule has 2 aromatic rings. The normalized spacial score (nSPS) is 17.4. The number of aliphatic imine (C=N–C) groups is 1. The van der Waals surface area contributed by atoms with Gasteiger partial charge < -0.3 is 15.5 Å². The zero-order chi connectivity index (χ0) is 21.0. The van der Waals surface area contributed by atoms with Gasteiger partial charge in [-0.05, 0) is 36.2 Å². The Morgan fingerprint density at radius 3 is 2.76 bits per heavy atom. The van der Waals surface area contributed by atoms with E-state index in [-0.39, 0.29) is 10.9 Å². The Morgan fingerprint density at radius 1 is 1.28 bits per heavy atom. The van der Waals surface area contributed by atoms with Crippen molar-refractivity contribution in [2.75, 3.05) is 25.0 Å². The van der Waals surface area contributed by atoms with Crippen LogP contribution in [0.25, 0.3) is 0 Å². The Kier molecular flexibility index (Phi) is 6.33. The van der Waals surface area contributed by atoms with Gasteiger partial charge in [-0.2, -0.15) is 0 Å². The van der Waals surface area contributed by atoms with E-state index in [0.29, 0.717) is 31.3 Å². The van der Waals surface area contributed by atoms with Crippen LogP contribution in [0, 0.1) is 11.6 Å². The van der Waals surface area contributed by atoms with Crippen molar-refractivity contribution < 1.29 is 17.2 Å². The third-order valence-corrected chi connectivity index (χ3v) is 5.60. The number of primary sulfonamides is 1. The van der Waals surface area contributed by atoms with Crippen molar-refractivity contribution in [1.29, 1.82) is 0 Å². The van der Waals surface area contributed by atoms with Crippen molar-refractivity contribution >= 4 is 21.7 Å². The first-order valence-electron chi connectivity index (χ1n) is 9.05. The Morgan fingerprint density at radius 2 is 2.07 bits per heavy atom. The zero-order valence-electron chi connectivity index (χ0n) is 15.9. The fraction of sp³-hybridized carbons (Fsp3) is 0.316. The van der Waals surface area contributed by atoms with Crippen molar-refractivity contribution in [2.24, 2.45) is 10.1 Å². The minimum atomic E-state index is -3.76. The Labute approximate surface area is 168 Å². The van der Waals surface area contributed by atoms with Gasteiger partial charge in [0, 0.05) is 38.8 Å². The van der Waals surface area contributed by atoms with Gasteiger partial charge in [0.15, 0.2) is 5.96 Å². The largest absolute Gasteiger partial charge is 0.367 e. The third kappa shape index (κ3) is 5.42. The number of hydrogen-bond acceptors (Lipinski definition) is 4. The van der Waals surface area contributed by atoms with Crippen LogP contribution in [0.4, 0.5) is 14.5 Å². The number of sulfonamides is 1. The molecule has 0 saturated carbocycles. The molecule has 0 radical (unpaired) electrons. The SMILES string of the molecule is CN=C(NCc1cccc(S(N)(=O)=O)c1)NC1CCN(c2ccc(F)cc2F)C1. The molecule has 29 heavy (non-hydrogen) atoms. The second-order valence-electron chi connectivity index (χ2n) is 6.79. The maximum atomic E-state index is 14.0. The van der Waals surface area contributed by atoms with E-state index in [1.54, 1.807) is 19.2 Å². The van der Waals surface area contributed by atoms with Crippen LogP contribution in [0.2, 0.25) is 0 Å². The number of anilines is 1. The van der Waals surface area contributed by atoms with Crippen LogP contribution >= 0.6 is 0 Å². The van der Waals surface area contributed by atoms with Crippen LogP contribution in [-0.4, -0.2) is 40.6 Å². The van der Waals surface area contributed by atoms with Crippen LogP contribution in [0.5, 0.6) is 0 Å². The smallest absolute Gasteiger partial charge is 0.238 e. The fourth-order valence-electron chi connectivity index (χ4n) is 3.24. The number of halogens is 2. The van der Waals surface area contributed by atoms with E-state index in [2.05, 4.69) is 15.6 Å². The van der Waals surface area contributed by atoms with E-state index in [1.807, 2.05) is 4.90 Å². The van der Waals surface area contributed by atoms with Crippen LogP contribution in [0.3, 0.4) is 0 Å². The maximum absolute atomic E-state index is 14.0. The fourth-order valence-corrected chi connectivity index (χ4v) is 3.82. The lowest BCUT2D eigenvalue weighted by atomic mass is 10.2. The lowest BCUT2D eigenvalue weighted by molar-refractivity contribution is 0.580. The topological polar surface area (TPSA) is 99.8 Å². The molecular weight excluding hydrogens is 400 g/mol. The van der Waals surface area contributed by atoms with Crippen molar-refractivity contribution in [3.63, 3.8) is 0 Å². The van der Waals surface area contributed by atoms with E-state index in [1.165, 1.54) is 24.3 Å². The molecule has 0 spiro atoms. The summed E-state index contributed by atoms with van der Waals surface area (Å²) in [6, 6.07) is 9.95. The lowest BCUT2D eigenvalue weighted by Gasteiger charge is -2.21. The van der Waals surface area contributed by atoms with Gasteiger partial charge in [0.25, 0.3) is 0 Å². The molecule has 156 valence electrons. The van der Waals surface area contributed by atoms with Crippen molar-refractivity contribution in [3.8, 4) is 0 Å². The summed E-state index contributed by atoms with van der Waals surface area (Å²) in [7, 11) is -2.13. The predicted octanol–water partition coefficient (Wildman–Crippen LogP) is 1.56. The number of rotatable bonds is 5. The molecule has 1 heterocycles. The number of nitrogens with one attached hydrogen (secondary N) is 2.